The fourth-order valence-corrected chi connectivity index (χ4v) is 2.05. The van der Waals surface area contributed by atoms with Crippen LogP contribution in [0.2, 0.25) is 0 Å². The molecule has 1 atom stereocenters. The van der Waals surface area contributed by atoms with E-state index in [1.54, 1.807) is 0 Å². The molecule has 1 N–H and O–H groups in total. The lowest BCUT2D eigenvalue weighted by molar-refractivity contribution is -0.218. The van der Waals surface area contributed by atoms with Crippen molar-refractivity contribution < 1.29 is 23.0 Å². The molecule has 0 heterocycles. The van der Waals surface area contributed by atoms with E-state index in [0.29, 0.717) is 25.7 Å². The molecule has 1 saturated carbocycles. The van der Waals surface area contributed by atoms with Gasteiger partial charge in [0.15, 0.2) is 6.10 Å². The van der Waals surface area contributed by atoms with Gasteiger partial charge in [-0.15, -0.1) is 0 Å². The third-order valence-corrected chi connectivity index (χ3v) is 3.01. The Hall–Kier alpha value is -0.290. The van der Waals surface area contributed by atoms with Gasteiger partial charge in [-0.1, -0.05) is 0 Å². The maximum atomic E-state index is 12.4. The van der Waals surface area contributed by atoms with Crippen LogP contribution < -0.4 is 0 Å². The lowest BCUT2D eigenvalue weighted by atomic mass is 9.84. The van der Waals surface area contributed by atoms with Gasteiger partial charge in [0.1, 0.15) is 0 Å². The third kappa shape index (κ3) is 3.99. The van der Waals surface area contributed by atoms with Gasteiger partial charge in [0.05, 0.1) is 6.10 Å². The van der Waals surface area contributed by atoms with Crippen molar-refractivity contribution in [2.45, 2.75) is 50.5 Å². The summed E-state index contributed by atoms with van der Waals surface area (Å²) >= 11 is 0. The molecule has 1 fully saturated rings. The zero-order valence-electron chi connectivity index (χ0n) is 8.76. The van der Waals surface area contributed by atoms with Gasteiger partial charge < -0.3 is 9.84 Å². The van der Waals surface area contributed by atoms with Crippen LogP contribution in [-0.4, -0.2) is 30.6 Å². The summed E-state index contributed by atoms with van der Waals surface area (Å²) in [5.74, 6) is 0.0278. The molecule has 15 heavy (non-hydrogen) atoms. The lowest BCUT2D eigenvalue weighted by Crippen LogP contribution is -2.34. The second-order valence-electron chi connectivity index (χ2n) is 4.18. The van der Waals surface area contributed by atoms with E-state index in [1.165, 1.54) is 0 Å². The first kappa shape index (κ1) is 12.8. The summed E-state index contributed by atoms with van der Waals surface area (Å²) in [7, 11) is 1.09. The summed E-state index contributed by atoms with van der Waals surface area (Å²) in [6, 6.07) is 0. The van der Waals surface area contributed by atoms with Gasteiger partial charge in [-0.3, -0.25) is 0 Å². The average Bonchev–Trinajstić information content (AvgIpc) is 2.15. The summed E-state index contributed by atoms with van der Waals surface area (Å²) in [5, 5.41) is 9.22. The van der Waals surface area contributed by atoms with Gasteiger partial charge in [0.25, 0.3) is 0 Å². The Morgan fingerprint density at radius 3 is 2.20 bits per heavy atom. The number of alkyl halides is 3. The van der Waals surface area contributed by atoms with E-state index in [4.69, 9.17) is 0 Å². The molecule has 1 aliphatic carbocycles. The van der Waals surface area contributed by atoms with Crippen LogP contribution in [0, 0.1) is 5.92 Å². The zero-order valence-corrected chi connectivity index (χ0v) is 8.76. The van der Waals surface area contributed by atoms with Gasteiger partial charge in [-0.05, 0) is 38.0 Å². The van der Waals surface area contributed by atoms with Gasteiger partial charge in [-0.2, -0.15) is 13.2 Å². The number of aliphatic hydroxyl groups is 1. The molecule has 1 unspecified atom stereocenters. The minimum absolute atomic E-state index is 0.0206. The number of methoxy groups -OCH3 is 1. The molecule has 1 rings (SSSR count). The molecule has 0 aliphatic heterocycles. The van der Waals surface area contributed by atoms with Gasteiger partial charge in [0, 0.05) is 7.11 Å². The predicted octanol–water partition coefficient (Wildman–Crippen LogP) is 2.50. The topological polar surface area (TPSA) is 29.5 Å². The summed E-state index contributed by atoms with van der Waals surface area (Å²) < 4.78 is 41.6. The van der Waals surface area contributed by atoms with Crippen molar-refractivity contribution in [3.63, 3.8) is 0 Å². The van der Waals surface area contributed by atoms with Crippen LogP contribution >= 0.6 is 0 Å². The van der Waals surface area contributed by atoms with Crippen LogP contribution in [0.5, 0.6) is 0 Å². The highest BCUT2D eigenvalue weighted by Gasteiger charge is 2.41. The SMILES string of the molecule is COC(CC1CCC(O)CC1)C(F)(F)F. The van der Waals surface area contributed by atoms with E-state index in [2.05, 4.69) is 4.74 Å². The monoisotopic (exact) mass is 226 g/mol. The Labute approximate surface area is 87.4 Å². The van der Waals surface area contributed by atoms with Crippen LogP contribution in [-0.2, 0) is 4.74 Å². The fourth-order valence-electron chi connectivity index (χ4n) is 2.05. The number of hydrogen-bond acceptors (Lipinski definition) is 2. The number of aliphatic hydroxyl groups excluding tert-OH is 1. The molecule has 0 bridgehead atoms. The van der Waals surface area contributed by atoms with Crippen LogP contribution in [0.25, 0.3) is 0 Å². The van der Waals surface area contributed by atoms with Crippen molar-refractivity contribution >= 4 is 0 Å². The highest BCUT2D eigenvalue weighted by atomic mass is 19.4. The van der Waals surface area contributed by atoms with Crippen molar-refractivity contribution in [2.75, 3.05) is 7.11 Å². The quantitative estimate of drug-likeness (QED) is 0.801. The third-order valence-electron chi connectivity index (χ3n) is 3.01. The first-order valence-electron chi connectivity index (χ1n) is 5.21. The summed E-state index contributed by atoms with van der Waals surface area (Å²) in [6.07, 6.45) is -3.69. The Bertz CT molecular complexity index is 186. The Morgan fingerprint density at radius 1 is 1.27 bits per heavy atom. The van der Waals surface area contributed by atoms with E-state index in [-0.39, 0.29) is 18.4 Å². The minimum atomic E-state index is -4.27. The number of hydrogen-bond donors (Lipinski definition) is 1. The van der Waals surface area contributed by atoms with Crippen LogP contribution in [0.4, 0.5) is 13.2 Å². The largest absolute Gasteiger partial charge is 0.414 e. The molecule has 1 aliphatic rings. The van der Waals surface area contributed by atoms with Gasteiger partial charge in [0.2, 0.25) is 0 Å². The van der Waals surface area contributed by atoms with Crippen LogP contribution in [0.1, 0.15) is 32.1 Å². The number of rotatable bonds is 3. The Morgan fingerprint density at radius 2 is 1.80 bits per heavy atom. The molecular formula is C10H17F3O2. The molecule has 0 saturated heterocycles. The maximum absolute atomic E-state index is 12.4. The van der Waals surface area contributed by atoms with Crippen molar-refractivity contribution in [1.29, 1.82) is 0 Å². The zero-order chi connectivity index (χ0) is 11.5. The highest BCUT2D eigenvalue weighted by molar-refractivity contribution is 4.77. The normalized spacial score (nSPS) is 30.2. The molecule has 2 nitrogen and oxygen atoms in total. The molecule has 5 heteroatoms. The maximum Gasteiger partial charge on any atom is 0.414 e. The van der Waals surface area contributed by atoms with Crippen molar-refractivity contribution in [1.82, 2.24) is 0 Å². The van der Waals surface area contributed by atoms with E-state index in [9.17, 15) is 18.3 Å². The summed E-state index contributed by atoms with van der Waals surface area (Å²) in [6.45, 7) is 0. The number of ether oxygens (including phenoxy) is 1. The van der Waals surface area contributed by atoms with Crippen molar-refractivity contribution in [2.24, 2.45) is 5.92 Å². The van der Waals surface area contributed by atoms with Crippen molar-refractivity contribution in [3.05, 3.63) is 0 Å². The minimum Gasteiger partial charge on any atom is -0.393 e. The molecule has 0 aromatic rings. The molecule has 0 aromatic carbocycles. The first-order valence-corrected chi connectivity index (χ1v) is 5.21. The lowest BCUT2D eigenvalue weighted by Gasteiger charge is -2.29. The highest BCUT2D eigenvalue weighted by Crippen LogP contribution is 2.33. The second-order valence-corrected chi connectivity index (χ2v) is 4.18. The second kappa shape index (κ2) is 5.16. The molecular weight excluding hydrogens is 209 g/mol. The Kier molecular flexibility index (Phi) is 4.40. The predicted molar refractivity (Wildman–Crippen MR) is 49.4 cm³/mol. The molecule has 0 aromatic heterocycles. The van der Waals surface area contributed by atoms with Gasteiger partial charge >= 0.3 is 6.18 Å². The molecule has 0 amide bonds. The Balaban J connectivity index is 2.39. The van der Waals surface area contributed by atoms with E-state index >= 15 is 0 Å². The first-order chi connectivity index (χ1) is 6.93. The van der Waals surface area contributed by atoms with Crippen LogP contribution in [0.15, 0.2) is 0 Å². The van der Waals surface area contributed by atoms with E-state index in [1.807, 2.05) is 0 Å². The molecule has 90 valence electrons. The number of halogens is 3. The molecule has 0 spiro atoms. The summed E-state index contributed by atoms with van der Waals surface area (Å²) in [5.41, 5.74) is 0. The van der Waals surface area contributed by atoms with E-state index in [0.717, 1.165) is 7.11 Å². The van der Waals surface area contributed by atoms with Crippen molar-refractivity contribution in [3.8, 4) is 0 Å². The average molecular weight is 226 g/mol. The summed E-state index contributed by atoms with van der Waals surface area (Å²) in [4.78, 5) is 0. The fraction of sp³-hybridized carbons (Fsp3) is 1.00. The van der Waals surface area contributed by atoms with Crippen LogP contribution in [0.3, 0.4) is 0 Å². The molecule has 0 radical (unpaired) electrons. The standard InChI is InChI=1S/C10H17F3O2/c1-15-9(10(11,12)13)6-7-2-4-8(14)5-3-7/h7-9,14H,2-6H2,1H3. The smallest absolute Gasteiger partial charge is 0.393 e. The van der Waals surface area contributed by atoms with E-state index < -0.39 is 12.3 Å². The van der Waals surface area contributed by atoms with Gasteiger partial charge in [-0.25, -0.2) is 0 Å².